The molecule has 0 spiro atoms. The molecule has 2 aromatic carbocycles. The van der Waals surface area contributed by atoms with Crippen molar-refractivity contribution in [1.29, 1.82) is 0 Å². The maximum Gasteiger partial charge on any atom is 0.407 e. The van der Waals surface area contributed by atoms with Gasteiger partial charge < -0.3 is 62.7 Å². The van der Waals surface area contributed by atoms with E-state index in [4.69, 9.17) is 52.1 Å². The summed E-state index contributed by atoms with van der Waals surface area (Å²) in [5.74, 6) is -8.33. The zero-order chi connectivity index (χ0) is 50.7. The van der Waals surface area contributed by atoms with Gasteiger partial charge in [-0.15, -0.1) is 0 Å². The summed E-state index contributed by atoms with van der Waals surface area (Å²) in [5.41, 5.74) is -1.68. The number of carbonyl (C=O) groups excluding carboxylic acids is 4. The molecule has 2 rings (SSSR count). The molecule has 0 aliphatic carbocycles. The molecule has 0 radical (unpaired) electrons. The number of halogens is 6. The molecule has 24 heteroatoms. The highest BCUT2D eigenvalue weighted by Crippen LogP contribution is 2.22. The standard InChI is InChI=1S/C22H32F3NO8.C22H32F3NO7S/c1-15-12-17(23)21(25)16(20(15)24)13-19(27)18(14-33-9-8-31-6-4-29-2)26-22(28)34-11-10-32-7-5-30-3;1-15-12-17(23)21(25)16(20(15)24)13-19(27)18(14-34-11-10-32-7-5-30-3)26-22(28)33-9-8-31-6-4-29-2/h2*12,18H,4-11,13-14H2,1-3H3,(H,26,28)/t2*18-/m00/s1. The summed E-state index contributed by atoms with van der Waals surface area (Å²) < 4.78 is 140. The van der Waals surface area contributed by atoms with Crippen LogP contribution in [0, 0.1) is 48.8 Å². The number of nitrogens with one attached hydrogen (secondary N) is 2. The van der Waals surface area contributed by atoms with Gasteiger partial charge in [-0.1, -0.05) is 0 Å². The van der Waals surface area contributed by atoms with Gasteiger partial charge >= 0.3 is 12.2 Å². The van der Waals surface area contributed by atoms with E-state index in [1.807, 2.05) is 0 Å². The third-order valence-electron chi connectivity index (χ3n) is 8.88. The van der Waals surface area contributed by atoms with Crippen molar-refractivity contribution < 1.29 is 97.6 Å². The fourth-order valence-electron chi connectivity index (χ4n) is 5.30. The average Bonchev–Trinajstić information content (AvgIpc) is 3.31. The fourth-order valence-corrected chi connectivity index (χ4v) is 6.20. The smallest absolute Gasteiger partial charge is 0.407 e. The Morgan fingerprint density at radius 2 is 0.838 bits per heavy atom. The number of carbonyl (C=O) groups is 4. The van der Waals surface area contributed by atoms with Crippen molar-refractivity contribution in [2.24, 2.45) is 0 Å². The van der Waals surface area contributed by atoms with Gasteiger partial charge in [-0.25, -0.2) is 35.9 Å². The van der Waals surface area contributed by atoms with Crippen LogP contribution in [0.3, 0.4) is 0 Å². The summed E-state index contributed by atoms with van der Waals surface area (Å²) in [6.07, 6.45) is -3.37. The van der Waals surface area contributed by atoms with Crippen LogP contribution in [-0.2, 0) is 74.5 Å². The molecule has 0 heterocycles. The predicted molar refractivity (Wildman–Crippen MR) is 235 cm³/mol. The second-order valence-corrected chi connectivity index (χ2v) is 15.2. The lowest BCUT2D eigenvalue weighted by atomic mass is 10.0. The summed E-state index contributed by atoms with van der Waals surface area (Å²) >= 11 is 1.30. The molecule has 0 saturated carbocycles. The molecule has 68 heavy (non-hydrogen) atoms. The quantitative estimate of drug-likeness (QED) is 0.0545. The lowest BCUT2D eigenvalue weighted by molar-refractivity contribution is -0.122. The van der Waals surface area contributed by atoms with Crippen molar-refractivity contribution in [2.45, 2.75) is 38.8 Å². The Bertz CT molecular complexity index is 1610. The van der Waals surface area contributed by atoms with E-state index in [-0.39, 0.29) is 63.1 Å². The third-order valence-corrected chi connectivity index (χ3v) is 9.91. The molecule has 17 nitrogen and oxygen atoms in total. The Morgan fingerprint density at radius 1 is 0.485 bits per heavy atom. The van der Waals surface area contributed by atoms with Gasteiger partial charge in [0.05, 0.1) is 92.5 Å². The van der Waals surface area contributed by atoms with Crippen LogP contribution in [0.4, 0.5) is 35.9 Å². The molecular weight excluding hydrogens is 943 g/mol. The van der Waals surface area contributed by atoms with E-state index >= 15 is 0 Å². The fraction of sp³-hybridized carbons (Fsp3) is 0.636. The van der Waals surface area contributed by atoms with Crippen molar-refractivity contribution in [3.63, 3.8) is 0 Å². The van der Waals surface area contributed by atoms with E-state index in [0.717, 1.165) is 6.07 Å². The topological polar surface area (TPSA) is 194 Å². The van der Waals surface area contributed by atoms with E-state index in [9.17, 15) is 45.5 Å². The second kappa shape index (κ2) is 37.7. The third kappa shape index (κ3) is 26.0. The highest BCUT2D eigenvalue weighted by Gasteiger charge is 2.28. The van der Waals surface area contributed by atoms with Gasteiger partial charge in [0, 0.05) is 63.9 Å². The zero-order valence-electron chi connectivity index (χ0n) is 39.3. The van der Waals surface area contributed by atoms with Crippen molar-refractivity contribution in [3.8, 4) is 0 Å². The lowest BCUT2D eigenvalue weighted by Crippen LogP contribution is -2.45. The van der Waals surface area contributed by atoms with Crippen molar-refractivity contribution >= 4 is 35.5 Å². The highest BCUT2D eigenvalue weighted by atomic mass is 32.2. The maximum absolute atomic E-state index is 14.4. The van der Waals surface area contributed by atoms with Gasteiger partial charge in [-0.3, -0.25) is 9.59 Å². The average molecular weight is 1010 g/mol. The molecule has 0 aliphatic heterocycles. The van der Waals surface area contributed by atoms with E-state index in [0.29, 0.717) is 71.3 Å². The van der Waals surface area contributed by atoms with Gasteiger partial charge in [-0.2, -0.15) is 11.8 Å². The van der Waals surface area contributed by atoms with Gasteiger partial charge in [-0.05, 0) is 37.1 Å². The molecule has 0 unspecified atom stereocenters. The van der Waals surface area contributed by atoms with Crippen LogP contribution in [0.5, 0.6) is 0 Å². The first-order chi connectivity index (χ1) is 32.6. The van der Waals surface area contributed by atoms with Gasteiger partial charge in [0.25, 0.3) is 0 Å². The first-order valence-corrected chi connectivity index (χ1v) is 22.4. The van der Waals surface area contributed by atoms with Crippen LogP contribution >= 0.6 is 11.8 Å². The van der Waals surface area contributed by atoms with E-state index in [1.54, 1.807) is 7.11 Å². The molecule has 0 aliphatic rings. The largest absolute Gasteiger partial charge is 0.447 e. The Labute approximate surface area is 396 Å². The molecule has 2 aromatic rings. The van der Waals surface area contributed by atoms with Crippen molar-refractivity contribution in [1.82, 2.24) is 10.6 Å². The number of rotatable bonds is 36. The summed E-state index contributed by atoms with van der Waals surface area (Å²) in [4.78, 5) is 49.7. The number of Topliss-reactive ketones (excluding diaryl/α,β-unsaturated/α-hetero) is 2. The van der Waals surface area contributed by atoms with Crippen molar-refractivity contribution in [3.05, 3.63) is 69.3 Å². The Hall–Kier alpha value is -4.11. The number of methoxy groups -OCH3 is 4. The number of aryl methyl sites for hydroxylation is 2. The summed E-state index contributed by atoms with van der Waals surface area (Å²) in [5, 5.41) is 4.71. The minimum absolute atomic E-state index is 0.0662. The lowest BCUT2D eigenvalue weighted by Gasteiger charge is -2.18. The molecule has 2 atom stereocenters. The van der Waals surface area contributed by atoms with Crippen LogP contribution < -0.4 is 10.6 Å². The minimum atomic E-state index is -1.46. The van der Waals surface area contributed by atoms with Gasteiger partial charge in [0.15, 0.2) is 34.8 Å². The van der Waals surface area contributed by atoms with E-state index < -0.39 is 94.7 Å². The Morgan fingerprint density at radius 3 is 1.26 bits per heavy atom. The number of ether oxygens (including phenoxy) is 11. The minimum Gasteiger partial charge on any atom is -0.447 e. The molecule has 2 N–H and O–H groups in total. The summed E-state index contributed by atoms with van der Waals surface area (Å²) in [7, 11) is 6.12. The number of thioether (sulfide) groups is 1. The Kier molecular flexibility index (Phi) is 34.4. The SMILES string of the molecule is COCCOCCOC(=O)N[C@@H](CSCCOCCOC)C(=O)Cc1c(F)c(C)cc(F)c1F.COCCOCCOC[C@H](NC(=O)OCCOCCOC)C(=O)Cc1c(F)c(C)cc(F)c1F. The molecule has 0 aromatic heterocycles. The van der Waals surface area contributed by atoms with Gasteiger partial charge in [0.2, 0.25) is 0 Å². The Balaban J connectivity index is 0.000000680. The first-order valence-electron chi connectivity index (χ1n) is 21.2. The number of hydrogen-bond acceptors (Lipinski definition) is 16. The molecular formula is C44H64F6N2O15S. The van der Waals surface area contributed by atoms with Crippen LogP contribution in [0.2, 0.25) is 0 Å². The van der Waals surface area contributed by atoms with E-state index in [1.165, 1.54) is 46.9 Å². The first kappa shape index (κ1) is 61.9. The number of amides is 2. The molecule has 0 saturated heterocycles. The zero-order valence-corrected chi connectivity index (χ0v) is 40.1. The van der Waals surface area contributed by atoms with Crippen LogP contribution in [-0.4, -0.2) is 181 Å². The van der Waals surface area contributed by atoms with Gasteiger partial charge in [0.1, 0.15) is 36.9 Å². The second-order valence-electron chi connectivity index (χ2n) is 14.1. The van der Waals surface area contributed by atoms with E-state index in [2.05, 4.69) is 10.6 Å². The molecule has 388 valence electrons. The number of hydrogen-bond donors (Lipinski definition) is 2. The van der Waals surface area contributed by atoms with Crippen LogP contribution in [0.15, 0.2) is 12.1 Å². The predicted octanol–water partition coefficient (Wildman–Crippen LogP) is 4.64. The van der Waals surface area contributed by atoms with Crippen LogP contribution in [0.25, 0.3) is 0 Å². The molecule has 2 amide bonds. The number of alkyl carbamates (subject to hydrolysis) is 2. The van der Waals surface area contributed by atoms with Crippen LogP contribution in [0.1, 0.15) is 22.3 Å². The highest BCUT2D eigenvalue weighted by molar-refractivity contribution is 7.99. The molecule has 0 fully saturated rings. The number of benzene rings is 2. The normalized spacial score (nSPS) is 11.9. The van der Waals surface area contributed by atoms with Crippen molar-refractivity contribution in [2.75, 3.05) is 146 Å². The number of ketones is 2. The maximum atomic E-state index is 14.4. The summed E-state index contributed by atoms with van der Waals surface area (Å²) in [6.45, 7) is 5.93. The summed E-state index contributed by atoms with van der Waals surface area (Å²) in [6, 6.07) is -0.996. The molecule has 0 bridgehead atoms. The monoisotopic (exact) mass is 1010 g/mol.